The molecule has 0 spiro atoms. The summed E-state index contributed by atoms with van der Waals surface area (Å²) < 4.78 is 23.6. The van der Waals surface area contributed by atoms with Gasteiger partial charge in [-0.25, -0.2) is 9.18 Å². The minimum absolute atomic E-state index is 0.0422. The number of aromatic amines is 1. The summed E-state index contributed by atoms with van der Waals surface area (Å²) in [6.07, 6.45) is 0.565. The largest absolute Gasteiger partial charge is 0.462 e. The molecular weight excluding hydrogens is 379 g/mol. The number of hydrogen-bond acceptors (Lipinski definition) is 5. The van der Waals surface area contributed by atoms with Gasteiger partial charge in [0.2, 0.25) is 0 Å². The van der Waals surface area contributed by atoms with Crippen LogP contribution in [0.4, 0.5) is 4.39 Å². The van der Waals surface area contributed by atoms with E-state index in [-0.39, 0.29) is 30.0 Å². The second kappa shape index (κ2) is 10.5. The number of esters is 1. The summed E-state index contributed by atoms with van der Waals surface area (Å²) in [5.41, 5.74) is 1.13. The molecule has 8 heteroatoms. The Kier molecular flexibility index (Phi) is 8.09. The lowest BCUT2D eigenvalue weighted by molar-refractivity contribution is -0.117. The molecule has 0 saturated heterocycles. The van der Waals surface area contributed by atoms with Crippen molar-refractivity contribution in [1.82, 2.24) is 10.3 Å². The molecule has 0 aliphatic rings. The number of Topliss-reactive ketones (excluding diaryl/α,β-unsaturated/α-hetero) is 1. The first-order chi connectivity index (χ1) is 13.9. The second-order valence-corrected chi connectivity index (χ2v) is 6.24. The predicted molar refractivity (Wildman–Crippen MR) is 105 cm³/mol. The van der Waals surface area contributed by atoms with Gasteiger partial charge in [-0.2, -0.15) is 0 Å². The van der Waals surface area contributed by atoms with Crippen LogP contribution in [0.15, 0.2) is 24.3 Å². The number of amides is 1. The maximum atomic E-state index is 13.4. The summed E-state index contributed by atoms with van der Waals surface area (Å²) in [6, 6.07) is 5.32. The lowest BCUT2D eigenvalue weighted by atomic mass is 9.98. The van der Waals surface area contributed by atoms with E-state index in [9.17, 15) is 18.8 Å². The molecule has 1 heterocycles. The zero-order valence-corrected chi connectivity index (χ0v) is 16.8. The van der Waals surface area contributed by atoms with E-state index in [1.54, 1.807) is 13.8 Å². The number of halogens is 1. The SMILES string of the molecule is CCOCCCNC(=O)C(=O)c1[nH]c(C)c(C(=O)OCC)c1-c1ccc(F)cc1. The maximum absolute atomic E-state index is 13.4. The molecule has 7 nitrogen and oxygen atoms in total. The van der Waals surface area contributed by atoms with Crippen LogP contribution in [0.2, 0.25) is 0 Å². The van der Waals surface area contributed by atoms with Gasteiger partial charge in [0.15, 0.2) is 0 Å². The second-order valence-electron chi connectivity index (χ2n) is 6.24. The number of aromatic nitrogens is 1. The highest BCUT2D eigenvalue weighted by atomic mass is 19.1. The summed E-state index contributed by atoms with van der Waals surface area (Å²) in [4.78, 5) is 40.4. The van der Waals surface area contributed by atoms with Gasteiger partial charge < -0.3 is 19.8 Å². The molecule has 2 aromatic rings. The molecule has 29 heavy (non-hydrogen) atoms. The minimum Gasteiger partial charge on any atom is -0.462 e. The average molecular weight is 404 g/mol. The fourth-order valence-electron chi connectivity index (χ4n) is 2.87. The first-order valence-corrected chi connectivity index (χ1v) is 9.46. The molecule has 0 unspecified atom stereocenters. The van der Waals surface area contributed by atoms with E-state index in [2.05, 4.69) is 10.3 Å². The third kappa shape index (κ3) is 5.51. The Balaban J connectivity index is 2.36. The zero-order chi connectivity index (χ0) is 21.4. The van der Waals surface area contributed by atoms with Gasteiger partial charge in [0.05, 0.1) is 12.2 Å². The molecule has 2 N–H and O–H groups in total. The van der Waals surface area contributed by atoms with Crippen LogP contribution in [-0.2, 0) is 14.3 Å². The molecule has 0 radical (unpaired) electrons. The fraction of sp³-hybridized carbons (Fsp3) is 0.381. The smallest absolute Gasteiger partial charge is 0.340 e. The third-order valence-electron chi connectivity index (χ3n) is 4.19. The number of benzene rings is 1. The van der Waals surface area contributed by atoms with Gasteiger partial charge in [-0.15, -0.1) is 0 Å². The van der Waals surface area contributed by atoms with Gasteiger partial charge >= 0.3 is 5.97 Å². The van der Waals surface area contributed by atoms with E-state index in [1.807, 2.05) is 6.92 Å². The molecule has 2 rings (SSSR count). The summed E-state index contributed by atoms with van der Waals surface area (Å²) in [5, 5.41) is 2.55. The summed E-state index contributed by atoms with van der Waals surface area (Å²) in [5.74, 6) is -2.71. The highest BCUT2D eigenvalue weighted by Gasteiger charge is 2.29. The highest BCUT2D eigenvalue weighted by molar-refractivity contribution is 6.43. The Morgan fingerprint density at radius 1 is 1.10 bits per heavy atom. The summed E-state index contributed by atoms with van der Waals surface area (Å²) in [7, 11) is 0. The number of nitrogens with one attached hydrogen (secondary N) is 2. The first-order valence-electron chi connectivity index (χ1n) is 9.46. The van der Waals surface area contributed by atoms with Crippen molar-refractivity contribution in [2.45, 2.75) is 27.2 Å². The van der Waals surface area contributed by atoms with Crippen LogP contribution < -0.4 is 5.32 Å². The number of hydrogen-bond donors (Lipinski definition) is 2. The number of ketones is 1. The van der Waals surface area contributed by atoms with E-state index in [4.69, 9.17) is 9.47 Å². The molecule has 0 bridgehead atoms. The lowest BCUT2D eigenvalue weighted by Gasteiger charge is -2.08. The van der Waals surface area contributed by atoms with Crippen LogP contribution in [0, 0.1) is 12.7 Å². The van der Waals surface area contributed by atoms with Crippen LogP contribution in [-0.4, -0.2) is 49.0 Å². The Morgan fingerprint density at radius 3 is 2.41 bits per heavy atom. The first kappa shape index (κ1) is 22.3. The molecule has 0 aliphatic carbocycles. The summed E-state index contributed by atoms with van der Waals surface area (Å²) >= 11 is 0. The van der Waals surface area contributed by atoms with Crippen molar-refractivity contribution in [3.8, 4) is 11.1 Å². The molecule has 0 fully saturated rings. The van der Waals surface area contributed by atoms with Crippen molar-refractivity contribution in [3.05, 3.63) is 47.0 Å². The van der Waals surface area contributed by atoms with E-state index >= 15 is 0 Å². The number of H-pyrrole nitrogens is 1. The van der Waals surface area contributed by atoms with Gasteiger partial charge in [-0.1, -0.05) is 12.1 Å². The van der Waals surface area contributed by atoms with Gasteiger partial charge in [-0.05, 0) is 44.9 Å². The number of carbonyl (C=O) groups is 3. The molecule has 156 valence electrons. The topological polar surface area (TPSA) is 97.5 Å². The molecule has 1 aromatic heterocycles. The highest BCUT2D eigenvalue weighted by Crippen LogP contribution is 2.31. The normalized spacial score (nSPS) is 10.6. The number of aryl methyl sites for hydroxylation is 1. The van der Waals surface area contributed by atoms with E-state index in [0.29, 0.717) is 30.9 Å². The van der Waals surface area contributed by atoms with Crippen LogP contribution in [0.5, 0.6) is 0 Å². The van der Waals surface area contributed by atoms with Gasteiger partial charge in [-0.3, -0.25) is 9.59 Å². The van der Waals surface area contributed by atoms with Crippen LogP contribution >= 0.6 is 0 Å². The molecular formula is C21H25FN2O5. The zero-order valence-electron chi connectivity index (χ0n) is 16.8. The van der Waals surface area contributed by atoms with Gasteiger partial charge in [0, 0.05) is 31.0 Å². The number of ether oxygens (including phenoxy) is 2. The Labute approximate surface area is 168 Å². The Bertz CT molecular complexity index is 874. The van der Waals surface area contributed by atoms with E-state index < -0.39 is 23.5 Å². The van der Waals surface area contributed by atoms with Crippen molar-refractivity contribution < 1.29 is 28.2 Å². The third-order valence-corrected chi connectivity index (χ3v) is 4.19. The number of carbonyl (C=O) groups excluding carboxylic acids is 3. The average Bonchev–Trinajstić information content (AvgIpc) is 3.05. The summed E-state index contributed by atoms with van der Waals surface area (Å²) in [6.45, 7) is 6.62. The van der Waals surface area contributed by atoms with Gasteiger partial charge in [0.25, 0.3) is 11.7 Å². The minimum atomic E-state index is -0.820. The van der Waals surface area contributed by atoms with Crippen molar-refractivity contribution in [1.29, 1.82) is 0 Å². The monoisotopic (exact) mass is 404 g/mol. The molecule has 0 atom stereocenters. The maximum Gasteiger partial charge on any atom is 0.340 e. The van der Waals surface area contributed by atoms with Crippen LogP contribution in [0.25, 0.3) is 11.1 Å². The van der Waals surface area contributed by atoms with E-state index in [1.165, 1.54) is 24.3 Å². The van der Waals surface area contributed by atoms with Crippen LogP contribution in [0.3, 0.4) is 0 Å². The Morgan fingerprint density at radius 2 is 1.79 bits per heavy atom. The Hall–Kier alpha value is -3.00. The molecule has 0 saturated carbocycles. The standard InChI is InChI=1S/C21H25FN2O5/c1-4-28-12-6-11-23-20(26)19(25)18-17(14-7-9-15(22)10-8-14)16(13(3)24-18)21(27)29-5-2/h7-10,24H,4-6,11-12H2,1-3H3,(H,23,26). The van der Waals surface area contributed by atoms with Crippen molar-refractivity contribution in [2.24, 2.45) is 0 Å². The van der Waals surface area contributed by atoms with Gasteiger partial charge in [0.1, 0.15) is 11.5 Å². The number of rotatable bonds is 10. The van der Waals surface area contributed by atoms with Crippen molar-refractivity contribution >= 4 is 17.7 Å². The van der Waals surface area contributed by atoms with Crippen molar-refractivity contribution in [2.75, 3.05) is 26.4 Å². The van der Waals surface area contributed by atoms with Crippen LogP contribution in [0.1, 0.15) is 46.8 Å². The molecule has 1 amide bonds. The quantitative estimate of drug-likeness (QED) is 0.275. The predicted octanol–water partition coefficient (Wildman–Crippen LogP) is 3.03. The molecule has 0 aliphatic heterocycles. The van der Waals surface area contributed by atoms with E-state index in [0.717, 1.165) is 0 Å². The fourth-order valence-corrected chi connectivity index (χ4v) is 2.87. The van der Waals surface area contributed by atoms with Crippen molar-refractivity contribution in [3.63, 3.8) is 0 Å². The molecule has 1 aromatic carbocycles. The lowest BCUT2D eigenvalue weighted by Crippen LogP contribution is -2.32.